The van der Waals surface area contributed by atoms with Crippen molar-refractivity contribution in [3.63, 3.8) is 0 Å². The van der Waals surface area contributed by atoms with E-state index in [0.29, 0.717) is 11.0 Å². The summed E-state index contributed by atoms with van der Waals surface area (Å²) >= 11 is 5.54. The van der Waals surface area contributed by atoms with Crippen LogP contribution in [0.15, 0.2) is 12.1 Å². The van der Waals surface area contributed by atoms with Crippen molar-refractivity contribution in [1.29, 1.82) is 0 Å². The third-order valence-corrected chi connectivity index (χ3v) is 1.60. The zero-order chi connectivity index (χ0) is 9.84. The molecule has 0 unspecified atom stereocenters. The summed E-state index contributed by atoms with van der Waals surface area (Å²) in [6.07, 6.45) is 0. The van der Waals surface area contributed by atoms with E-state index in [0.717, 1.165) is 0 Å². The summed E-state index contributed by atoms with van der Waals surface area (Å²) in [5, 5.41) is 7.71. The molecule has 0 atom stereocenters. The summed E-state index contributed by atoms with van der Waals surface area (Å²) in [5.74, 6) is 0.141. The Morgan fingerprint density at radius 2 is 2.31 bits per heavy atom. The number of nitrogens with two attached hydrogens (primary N) is 1. The Kier molecular flexibility index (Phi) is 3.02. The first-order chi connectivity index (χ1) is 6.09. The van der Waals surface area contributed by atoms with Crippen LogP contribution < -0.4 is 10.6 Å². The lowest BCUT2D eigenvalue weighted by Crippen LogP contribution is -2.31. The molecule has 5 nitrogen and oxygen atoms in total. The van der Waals surface area contributed by atoms with Gasteiger partial charge < -0.3 is 10.6 Å². The van der Waals surface area contributed by atoms with E-state index in [2.05, 4.69) is 10.2 Å². The molecule has 0 bridgehead atoms. The maximum absolute atomic E-state index is 10.6. The van der Waals surface area contributed by atoms with Gasteiger partial charge in [0.15, 0.2) is 11.0 Å². The molecule has 0 aromatic carbocycles. The SMILES string of the molecule is CN(CC(N)=O)c1ccc(Cl)nn1. The summed E-state index contributed by atoms with van der Waals surface area (Å²) in [6, 6.07) is 3.26. The van der Waals surface area contributed by atoms with Crippen molar-refractivity contribution in [1.82, 2.24) is 10.2 Å². The minimum atomic E-state index is -0.417. The van der Waals surface area contributed by atoms with Gasteiger partial charge in [0.2, 0.25) is 5.91 Å². The van der Waals surface area contributed by atoms with Crippen LogP contribution in [0.3, 0.4) is 0 Å². The van der Waals surface area contributed by atoms with E-state index in [1.165, 1.54) is 0 Å². The van der Waals surface area contributed by atoms with E-state index in [4.69, 9.17) is 17.3 Å². The molecule has 2 N–H and O–H groups in total. The maximum atomic E-state index is 10.6. The zero-order valence-electron chi connectivity index (χ0n) is 7.07. The van der Waals surface area contributed by atoms with Crippen molar-refractivity contribution in [3.8, 4) is 0 Å². The van der Waals surface area contributed by atoms with Crippen LogP contribution in [0, 0.1) is 0 Å². The third kappa shape index (κ3) is 2.87. The maximum Gasteiger partial charge on any atom is 0.236 e. The van der Waals surface area contributed by atoms with Crippen molar-refractivity contribution in [2.45, 2.75) is 0 Å². The van der Waals surface area contributed by atoms with Gasteiger partial charge in [0, 0.05) is 7.05 Å². The normalized spacial score (nSPS) is 9.69. The van der Waals surface area contributed by atoms with Crippen molar-refractivity contribution < 1.29 is 4.79 Å². The Morgan fingerprint density at radius 3 is 2.77 bits per heavy atom. The first-order valence-electron chi connectivity index (χ1n) is 3.58. The molecular formula is C7H9ClN4O. The van der Waals surface area contributed by atoms with Crippen LogP contribution in [0.25, 0.3) is 0 Å². The van der Waals surface area contributed by atoms with Gasteiger partial charge in [-0.25, -0.2) is 0 Å². The highest BCUT2D eigenvalue weighted by Gasteiger charge is 2.05. The standard InChI is InChI=1S/C7H9ClN4O/c1-12(4-6(9)13)7-3-2-5(8)10-11-7/h2-3H,4H2,1H3,(H2,9,13). The number of amides is 1. The van der Waals surface area contributed by atoms with Gasteiger partial charge in [0.1, 0.15) is 0 Å². The predicted molar refractivity (Wildman–Crippen MR) is 49.5 cm³/mol. The molecule has 0 radical (unpaired) electrons. The number of carbonyl (C=O) groups is 1. The van der Waals surface area contributed by atoms with Gasteiger partial charge in [-0.3, -0.25) is 4.79 Å². The third-order valence-electron chi connectivity index (χ3n) is 1.40. The lowest BCUT2D eigenvalue weighted by atomic mass is 10.4. The Balaban J connectivity index is 2.71. The molecule has 1 aromatic rings. The highest BCUT2D eigenvalue weighted by Crippen LogP contribution is 2.09. The summed E-state index contributed by atoms with van der Waals surface area (Å²) in [5.41, 5.74) is 5.01. The molecule has 13 heavy (non-hydrogen) atoms. The molecule has 0 aliphatic carbocycles. The molecule has 0 aliphatic rings. The monoisotopic (exact) mass is 200 g/mol. The molecule has 1 aromatic heterocycles. The number of primary amides is 1. The number of hydrogen-bond donors (Lipinski definition) is 1. The number of carbonyl (C=O) groups excluding carboxylic acids is 1. The van der Waals surface area contributed by atoms with Crippen LogP contribution in [0.2, 0.25) is 5.15 Å². The Hall–Kier alpha value is -1.36. The van der Waals surface area contributed by atoms with Crippen molar-refractivity contribution in [2.75, 3.05) is 18.5 Å². The number of anilines is 1. The summed E-state index contributed by atoms with van der Waals surface area (Å²) in [4.78, 5) is 12.1. The second-order valence-electron chi connectivity index (χ2n) is 2.54. The van der Waals surface area contributed by atoms with Crippen molar-refractivity contribution in [2.24, 2.45) is 5.73 Å². The minimum Gasteiger partial charge on any atom is -0.368 e. The van der Waals surface area contributed by atoms with Gasteiger partial charge in [0.05, 0.1) is 6.54 Å². The molecule has 1 rings (SSSR count). The number of likely N-dealkylation sites (N-methyl/N-ethyl adjacent to an activating group) is 1. The highest BCUT2D eigenvalue weighted by atomic mass is 35.5. The number of rotatable bonds is 3. The predicted octanol–water partition coefficient (Wildman–Crippen LogP) is 0.0515. The molecule has 0 aliphatic heterocycles. The molecule has 0 saturated heterocycles. The number of nitrogens with zero attached hydrogens (tertiary/aromatic N) is 3. The lowest BCUT2D eigenvalue weighted by Gasteiger charge is -2.14. The van der Waals surface area contributed by atoms with Crippen LogP contribution in [-0.2, 0) is 4.79 Å². The van der Waals surface area contributed by atoms with E-state index >= 15 is 0 Å². The summed E-state index contributed by atoms with van der Waals surface area (Å²) < 4.78 is 0. The summed E-state index contributed by atoms with van der Waals surface area (Å²) in [6.45, 7) is 0.107. The number of aromatic nitrogens is 2. The molecule has 1 amide bonds. The van der Waals surface area contributed by atoms with E-state index in [-0.39, 0.29) is 6.54 Å². The zero-order valence-corrected chi connectivity index (χ0v) is 7.82. The molecule has 1 heterocycles. The molecule has 6 heteroatoms. The van der Waals surface area contributed by atoms with Crippen LogP contribution >= 0.6 is 11.6 Å². The van der Waals surface area contributed by atoms with Crippen molar-refractivity contribution >= 4 is 23.3 Å². The van der Waals surface area contributed by atoms with Crippen LogP contribution in [0.4, 0.5) is 5.82 Å². The Bertz CT molecular complexity index is 300. The van der Waals surface area contributed by atoms with E-state index in [1.54, 1.807) is 24.1 Å². The fourth-order valence-corrected chi connectivity index (χ4v) is 0.928. The second-order valence-corrected chi connectivity index (χ2v) is 2.92. The van der Waals surface area contributed by atoms with Crippen LogP contribution in [0.1, 0.15) is 0 Å². The average Bonchev–Trinajstić information content (AvgIpc) is 2.04. The highest BCUT2D eigenvalue weighted by molar-refractivity contribution is 6.29. The quantitative estimate of drug-likeness (QED) is 0.749. The first-order valence-corrected chi connectivity index (χ1v) is 3.96. The van der Waals surface area contributed by atoms with E-state index < -0.39 is 5.91 Å². The largest absolute Gasteiger partial charge is 0.368 e. The molecule has 0 spiro atoms. The number of halogens is 1. The van der Waals surface area contributed by atoms with E-state index in [1.807, 2.05) is 0 Å². The topological polar surface area (TPSA) is 72.1 Å². The van der Waals surface area contributed by atoms with Crippen molar-refractivity contribution in [3.05, 3.63) is 17.3 Å². The average molecular weight is 201 g/mol. The van der Waals surface area contributed by atoms with Crippen LogP contribution in [-0.4, -0.2) is 29.7 Å². The van der Waals surface area contributed by atoms with Gasteiger partial charge in [-0.2, -0.15) is 0 Å². The van der Waals surface area contributed by atoms with Crippen LogP contribution in [0.5, 0.6) is 0 Å². The van der Waals surface area contributed by atoms with Gasteiger partial charge in [-0.15, -0.1) is 10.2 Å². The van der Waals surface area contributed by atoms with Gasteiger partial charge in [-0.05, 0) is 12.1 Å². The summed E-state index contributed by atoms with van der Waals surface area (Å²) in [7, 11) is 1.70. The van der Waals surface area contributed by atoms with Gasteiger partial charge in [-0.1, -0.05) is 11.6 Å². The molecule has 0 saturated carbocycles. The number of hydrogen-bond acceptors (Lipinski definition) is 4. The Labute approximate surface area is 80.5 Å². The molecule has 0 fully saturated rings. The first kappa shape index (κ1) is 9.73. The van der Waals surface area contributed by atoms with E-state index in [9.17, 15) is 4.79 Å². The molecule has 70 valence electrons. The van der Waals surface area contributed by atoms with Gasteiger partial charge in [0.25, 0.3) is 0 Å². The molecular weight excluding hydrogens is 192 g/mol. The fourth-order valence-electron chi connectivity index (χ4n) is 0.827. The lowest BCUT2D eigenvalue weighted by molar-refractivity contribution is -0.116. The smallest absolute Gasteiger partial charge is 0.236 e. The fraction of sp³-hybridized carbons (Fsp3) is 0.286. The second kappa shape index (κ2) is 4.04. The Morgan fingerprint density at radius 1 is 1.62 bits per heavy atom. The minimum absolute atomic E-state index is 0.107. The van der Waals surface area contributed by atoms with Gasteiger partial charge >= 0.3 is 0 Å².